The van der Waals surface area contributed by atoms with Crippen LogP contribution in [0.15, 0.2) is 29.1 Å². The van der Waals surface area contributed by atoms with Crippen LogP contribution in [0, 0.1) is 24.0 Å². The fraction of sp³-hybridized carbons (Fsp3) is 0.133. The van der Waals surface area contributed by atoms with E-state index in [0.717, 1.165) is 22.9 Å². The molecule has 0 radical (unpaired) electrons. The van der Waals surface area contributed by atoms with E-state index in [2.05, 4.69) is 16.3 Å². The first kappa shape index (κ1) is 16.6. The van der Waals surface area contributed by atoms with Crippen LogP contribution in [0.3, 0.4) is 0 Å². The van der Waals surface area contributed by atoms with Gasteiger partial charge in [0.1, 0.15) is 5.56 Å². The predicted octanol–water partition coefficient (Wildman–Crippen LogP) is 1.59. The highest BCUT2D eigenvalue weighted by Gasteiger charge is 2.15. The minimum Gasteiger partial charge on any atom is -0.341 e. The van der Waals surface area contributed by atoms with Crippen LogP contribution in [0.1, 0.15) is 15.9 Å². The highest BCUT2D eigenvalue weighted by Crippen LogP contribution is 2.10. The number of hydrogen-bond donors (Lipinski definition) is 1. The molecule has 8 heteroatoms. The third-order valence-corrected chi connectivity index (χ3v) is 3.04. The van der Waals surface area contributed by atoms with Gasteiger partial charge in [-0.25, -0.2) is 13.5 Å². The molecule has 0 aliphatic rings. The second kappa shape index (κ2) is 7.03. The highest BCUT2D eigenvalue weighted by molar-refractivity contribution is 6.29. The third-order valence-electron chi connectivity index (χ3n) is 2.86. The number of carbonyl (C=O) groups is 1. The molecule has 1 amide bonds. The molecular weight excluding hydrogens is 328 g/mol. The number of benzene rings is 1. The molecule has 2 rings (SSSR count). The van der Waals surface area contributed by atoms with Crippen molar-refractivity contribution in [3.05, 3.63) is 62.5 Å². The maximum Gasteiger partial charge on any atom is 0.280 e. The first-order valence-electron chi connectivity index (χ1n) is 6.35. The van der Waals surface area contributed by atoms with Crippen molar-refractivity contribution in [1.82, 2.24) is 15.1 Å². The van der Waals surface area contributed by atoms with Crippen LogP contribution >= 0.6 is 11.6 Å². The summed E-state index contributed by atoms with van der Waals surface area (Å²) in [7, 11) is 0. The van der Waals surface area contributed by atoms with Crippen molar-refractivity contribution in [3.63, 3.8) is 0 Å². The minimum absolute atomic E-state index is 0.0542. The molecule has 5 nitrogen and oxygen atoms in total. The summed E-state index contributed by atoms with van der Waals surface area (Å²) in [6.45, 7) is -0.229. The SMILES string of the molecule is C#CCNC(=O)c1cc(Cl)nn(Cc2ccc(F)c(F)c2)c1=O. The Labute approximate surface area is 134 Å². The molecule has 23 heavy (non-hydrogen) atoms. The van der Waals surface area contributed by atoms with Crippen molar-refractivity contribution in [2.45, 2.75) is 6.54 Å². The molecule has 0 saturated carbocycles. The summed E-state index contributed by atoms with van der Waals surface area (Å²) in [5, 5.41) is 6.02. The lowest BCUT2D eigenvalue weighted by Gasteiger charge is -2.08. The van der Waals surface area contributed by atoms with Crippen LogP contribution in [0.25, 0.3) is 0 Å². The Morgan fingerprint density at radius 1 is 1.35 bits per heavy atom. The Morgan fingerprint density at radius 3 is 2.74 bits per heavy atom. The van der Waals surface area contributed by atoms with E-state index in [9.17, 15) is 18.4 Å². The molecule has 0 bridgehead atoms. The molecule has 0 fully saturated rings. The molecule has 0 aliphatic carbocycles. The van der Waals surface area contributed by atoms with Gasteiger partial charge in [0.2, 0.25) is 0 Å². The van der Waals surface area contributed by atoms with Gasteiger partial charge in [-0.3, -0.25) is 9.59 Å². The Balaban J connectivity index is 2.37. The summed E-state index contributed by atoms with van der Waals surface area (Å²) >= 11 is 5.80. The normalized spacial score (nSPS) is 10.2. The lowest BCUT2D eigenvalue weighted by Crippen LogP contribution is -2.34. The van der Waals surface area contributed by atoms with Crippen LogP contribution in [-0.4, -0.2) is 22.2 Å². The van der Waals surface area contributed by atoms with Gasteiger partial charge in [-0.2, -0.15) is 5.10 Å². The van der Waals surface area contributed by atoms with E-state index >= 15 is 0 Å². The van der Waals surface area contributed by atoms with Crippen LogP contribution in [0.4, 0.5) is 8.78 Å². The monoisotopic (exact) mass is 337 g/mol. The van der Waals surface area contributed by atoms with E-state index in [0.29, 0.717) is 0 Å². The van der Waals surface area contributed by atoms with Crippen molar-refractivity contribution >= 4 is 17.5 Å². The number of amides is 1. The molecule has 1 aromatic heterocycles. The number of hydrogen-bond acceptors (Lipinski definition) is 3. The number of carbonyl (C=O) groups excluding carboxylic acids is 1. The number of rotatable bonds is 4. The molecule has 0 unspecified atom stereocenters. The lowest BCUT2D eigenvalue weighted by molar-refractivity contribution is 0.0956. The Morgan fingerprint density at radius 2 is 2.09 bits per heavy atom. The zero-order valence-electron chi connectivity index (χ0n) is 11.6. The highest BCUT2D eigenvalue weighted by atomic mass is 35.5. The fourth-order valence-corrected chi connectivity index (χ4v) is 2.02. The molecule has 0 spiro atoms. The minimum atomic E-state index is -1.05. The van der Waals surface area contributed by atoms with E-state index in [1.807, 2.05) is 0 Å². The van der Waals surface area contributed by atoms with Gasteiger partial charge in [0.25, 0.3) is 11.5 Å². The number of nitrogens with one attached hydrogen (secondary N) is 1. The second-order valence-corrected chi connectivity index (χ2v) is 4.87. The van der Waals surface area contributed by atoms with Crippen LogP contribution in [-0.2, 0) is 6.54 Å². The van der Waals surface area contributed by atoms with Crippen molar-refractivity contribution in [2.75, 3.05) is 6.54 Å². The van der Waals surface area contributed by atoms with Gasteiger partial charge >= 0.3 is 0 Å². The van der Waals surface area contributed by atoms with E-state index in [1.54, 1.807) is 0 Å². The van der Waals surface area contributed by atoms with Crippen LogP contribution < -0.4 is 10.9 Å². The average Bonchev–Trinajstić information content (AvgIpc) is 2.51. The van der Waals surface area contributed by atoms with Crippen molar-refractivity contribution < 1.29 is 13.6 Å². The molecule has 1 heterocycles. The van der Waals surface area contributed by atoms with E-state index in [-0.39, 0.29) is 29.4 Å². The Hall–Kier alpha value is -2.72. The van der Waals surface area contributed by atoms with E-state index in [4.69, 9.17) is 18.0 Å². The lowest BCUT2D eigenvalue weighted by atomic mass is 10.2. The number of halogens is 3. The van der Waals surface area contributed by atoms with Crippen molar-refractivity contribution in [2.24, 2.45) is 0 Å². The van der Waals surface area contributed by atoms with Gasteiger partial charge < -0.3 is 5.32 Å². The summed E-state index contributed by atoms with van der Waals surface area (Å²) < 4.78 is 27.0. The first-order chi connectivity index (χ1) is 10.9. The molecule has 0 saturated heterocycles. The molecule has 0 atom stereocenters. The van der Waals surface area contributed by atoms with Crippen molar-refractivity contribution in [1.29, 1.82) is 0 Å². The standard InChI is InChI=1S/C15H10ClF2N3O2/c1-2-5-19-14(22)10-7-13(16)20-21(15(10)23)8-9-3-4-11(17)12(18)6-9/h1,3-4,6-7H,5,8H2,(H,19,22). The average molecular weight is 338 g/mol. The maximum absolute atomic E-state index is 13.2. The summed E-state index contributed by atoms with van der Waals surface area (Å²) in [4.78, 5) is 24.1. The molecule has 118 valence electrons. The quantitative estimate of drug-likeness (QED) is 0.862. The van der Waals surface area contributed by atoms with Crippen LogP contribution in [0.5, 0.6) is 0 Å². The van der Waals surface area contributed by atoms with Crippen LogP contribution in [0.2, 0.25) is 5.15 Å². The van der Waals surface area contributed by atoms with Gasteiger partial charge in [0.15, 0.2) is 16.8 Å². The number of terminal acetylenes is 1. The Kier molecular flexibility index (Phi) is 5.09. The fourth-order valence-electron chi connectivity index (χ4n) is 1.82. The largest absolute Gasteiger partial charge is 0.341 e. The molecule has 1 N–H and O–H groups in total. The zero-order chi connectivity index (χ0) is 17.0. The van der Waals surface area contributed by atoms with Gasteiger partial charge in [-0.15, -0.1) is 6.42 Å². The molecular formula is C15H10ClF2N3O2. The number of nitrogens with zero attached hydrogens (tertiary/aromatic N) is 2. The third kappa shape index (κ3) is 3.93. The smallest absolute Gasteiger partial charge is 0.280 e. The van der Waals surface area contributed by atoms with Crippen molar-refractivity contribution in [3.8, 4) is 12.3 Å². The summed E-state index contributed by atoms with van der Waals surface area (Å²) in [5.41, 5.74) is -0.688. The maximum atomic E-state index is 13.2. The molecule has 1 aromatic carbocycles. The zero-order valence-corrected chi connectivity index (χ0v) is 12.4. The van der Waals surface area contributed by atoms with Gasteiger partial charge in [-0.05, 0) is 23.8 Å². The summed E-state index contributed by atoms with van der Waals surface area (Å²) in [6.07, 6.45) is 5.03. The van der Waals surface area contributed by atoms with E-state index < -0.39 is 23.1 Å². The Bertz CT molecular complexity index is 859. The first-order valence-corrected chi connectivity index (χ1v) is 6.73. The van der Waals surface area contributed by atoms with E-state index in [1.165, 1.54) is 6.07 Å². The van der Waals surface area contributed by atoms with Gasteiger partial charge in [0.05, 0.1) is 13.1 Å². The molecule has 0 aliphatic heterocycles. The predicted molar refractivity (Wildman–Crippen MR) is 80.1 cm³/mol. The van der Waals surface area contributed by atoms with Gasteiger partial charge in [-0.1, -0.05) is 23.6 Å². The van der Waals surface area contributed by atoms with Gasteiger partial charge in [0, 0.05) is 0 Å². The molecule has 2 aromatic rings. The topological polar surface area (TPSA) is 64.0 Å². The number of aromatic nitrogens is 2. The summed E-state index contributed by atoms with van der Waals surface area (Å²) in [5.74, 6) is -0.552. The second-order valence-electron chi connectivity index (χ2n) is 4.48. The summed E-state index contributed by atoms with van der Waals surface area (Å²) in [6, 6.07) is 4.27.